The Balaban J connectivity index is 1.71. The molecule has 1 heterocycles. The Kier molecular flexibility index (Phi) is 4.70. The topological polar surface area (TPSA) is 74.8 Å². The van der Waals surface area contributed by atoms with E-state index in [1.54, 1.807) is 24.3 Å². The number of hydrogen-bond donors (Lipinski definition) is 2. The maximum absolute atomic E-state index is 12.5. The second kappa shape index (κ2) is 7.08. The van der Waals surface area contributed by atoms with Crippen LogP contribution >= 0.6 is 0 Å². The Morgan fingerprint density at radius 3 is 2.50 bits per heavy atom. The average molecular weight is 321 g/mol. The number of nitrogens with one attached hydrogen (secondary N) is 2. The lowest BCUT2D eigenvalue weighted by atomic mass is 10.1. The number of carbonyl (C=O) groups is 1. The molecule has 3 aromatic rings. The normalized spacial score (nSPS) is 12.0. The molecule has 0 aliphatic rings. The fourth-order valence-corrected chi connectivity index (χ4v) is 2.68. The maximum Gasteiger partial charge on any atom is 0.272 e. The summed E-state index contributed by atoms with van der Waals surface area (Å²) in [4.78, 5) is 24.3. The second-order valence-electron chi connectivity index (χ2n) is 5.85. The summed E-state index contributed by atoms with van der Waals surface area (Å²) in [6.07, 6.45) is 1.72. The van der Waals surface area contributed by atoms with Crippen molar-refractivity contribution in [2.75, 3.05) is 0 Å². The van der Waals surface area contributed by atoms with Crippen molar-refractivity contribution in [3.8, 4) is 0 Å². The summed E-state index contributed by atoms with van der Waals surface area (Å²) in [6.45, 7) is 1.97. The molecule has 0 saturated heterocycles. The quantitative estimate of drug-likeness (QED) is 0.758. The highest BCUT2D eigenvalue weighted by atomic mass is 16.2. The molecule has 5 nitrogen and oxygen atoms in total. The molecule has 0 spiro atoms. The van der Waals surface area contributed by atoms with Crippen molar-refractivity contribution in [1.29, 1.82) is 0 Å². The minimum absolute atomic E-state index is 0.00481. The summed E-state index contributed by atoms with van der Waals surface area (Å²) < 4.78 is 0. The van der Waals surface area contributed by atoms with Gasteiger partial charge >= 0.3 is 0 Å². The predicted octanol–water partition coefficient (Wildman–Crippen LogP) is 2.67. The Labute approximate surface area is 139 Å². The van der Waals surface area contributed by atoms with Crippen molar-refractivity contribution in [2.24, 2.45) is 0 Å². The third-order valence-electron chi connectivity index (χ3n) is 4.00. The zero-order valence-corrected chi connectivity index (χ0v) is 13.5. The van der Waals surface area contributed by atoms with Crippen molar-refractivity contribution < 1.29 is 4.79 Å². The molecule has 1 aromatic heterocycles. The Hall–Kier alpha value is -2.95. The number of aryl methyl sites for hydroxylation is 1. The highest BCUT2D eigenvalue weighted by Gasteiger charge is 2.15. The van der Waals surface area contributed by atoms with Gasteiger partial charge in [-0.2, -0.15) is 5.10 Å². The number of fused-ring (bicyclic) bond motifs is 1. The van der Waals surface area contributed by atoms with E-state index in [1.807, 2.05) is 25.1 Å². The predicted molar refractivity (Wildman–Crippen MR) is 94.1 cm³/mol. The lowest BCUT2D eigenvalue weighted by Gasteiger charge is -2.14. The molecule has 2 aromatic carbocycles. The van der Waals surface area contributed by atoms with Crippen LogP contribution in [0.3, 0.4) is 0 Å². The van der Waals surface area contributed by atoms with Gasteiger partial charge < -0.3 is 5.32 Å². The van der Waals surface area contributed by atoms with Crippen LogP contribution in [0.5, 0.6) is 0 Å². The first-order chi connectivity index (χ1) is 11.6. The van der Waals surface area contributed by atoms with Gasteiger partial charge in [-0.15, -0.1) is 0 Å². The molecule has 5 heteroatoms. The Morgan fingerprint density at radius 1 is 1.08 bits per heavy atom. The number of amides is 1. The van der Waals surface area contributed by atoms with Gasteiger partial charge in [0.05, 0.1) is 5.39 Å². The molecule has 0 saturated carbocycles. The molecule has 0 radical (unpaired) electrons. The van der Waals surface area contributed by atoms with E-state index in [9.17, 15) is 9.59 Å². The van der Waals surface area contributed by atoms with Crippen molar-refractivity contribution in [2.45, 2.75) is 25.8 Å². The minimum atomic E-state index is -0.292. The zero-order valence-electron chi connectivity index (χ0n) is 13.5. The smallest absolute Gasteiger partial charge is 0.272 e. The van der Waals surface area contributed by atoms with Crippen molar-refractivity contribution >= 4 is 16.7 Å². The number of rotatable bonds is 5. The molecule has 2 N–H and O–H groups in total. The van der Waals surface area contributed by atoms with Gasteiger partial charge in [0.2, 0.25) is 0 Å². The highest BCUT2D eigenvalue weighted by Crippen LogP contribution is 2.13. The van der Waals surface area contributed by atoms with Crippen LogP contribution < -0.4 is 10.9 Å². The third kappa shape index (κ3) is 3.51. The van der Waals surface area contributed by atoms with Gasteiger partial charge in [-0.3, -0.25) is 9.59 Å². The standard InChI is InChI=1S/C19H19N3O2/c1-13(11-12-14-7-3-2-4-8-14)20-19(24)17-15-9-5-6-10-16(15)18(23)22-21-17/h2-10,13H,11-12H2,1H3,(H,20,24)(H,22,23). The van der Waals surface area contributed by atoms with Crippen LogP contribution in [-0.4, -0.2) is 22.1 Å². The van der Waals surface area contributed by atoms with E-state index in [1.165, 1.54) is 5.56 Å². The van der Waals surface area contributed by atoms with Gasteiger partial charge in [0, 0.05) is 11.4 Å². The van der Waals surface area contributed by atoms with E-state index in [-0.39, 0.29) is 23.2 Å². The van der Waals surface area contributed by atoms with Crippen LogP contribution in [0.1, 0.15) is 29.4 Å². The van der Waals surface area contributed by atoms with Gasteiger partial charge in [-0.25, -0.2) is 5.10 Å². The first-order valence-corrected chi connectivity index (χ1v) is 7.97. The van der Waals surface area contributed by atoms with Crippen LogP contribution in [0, 0.1) is 0 Å². The van der Waals surface area contributed by atoms with Gasteiger partial charge in [-0.1, -0.05) is 48.5 Å². The van der Waals surface area contributed by atoms with Crippen LogP contribution in [0.2, 0.25) is 0 Å². The Morgan fingerprint density at radius 2 is 1.75 bits per heavy atom. The number of aromatic nitrogens is 2. The maximum atomic E-state index is 12.5. The number of hydrogen-bond acceptors (Lipinski definition) is 3. The zero-order chi connectivity index (χ0) is 16.9. The Bertz CT molecular complexity index is 903. The molecule has 24 heavy (non-hydrogen) atoms. The summed E-state index contributed by atoms with van der Waals surface area (Å²) in [5.41, 5.74) is 1.20. The van der Waals surface area contributed by atoms with Crippen molar-refractivity contribution in [3.05, 3.63) is 76.2 Å². The molecule has 122 valence electrons. The van der Waals surface area contributed by atoms with Gasteiger partial charge in [0.25, 0.3) is 11.5 Å². The van der Waals surface area contributed by atoms with E-state index in [0.29, 0.717) is 10.8 Å². The van der Waals surface area contributed by atoms with Gasteiger partial charge in [0.15, 0.2) is 5.69 Å². The minimum Gasteiger partial charge on any atom is -0.348 e. The van der Waals surface area contributed by atoms with Gasteiger partial charge in [-0.05, 0) is 31.4 Å². The van der Waals surface area contributed by atoms with E-state index >= 15 is 0 Å². The lowest BCUT2D eigenvalue weighted by Crippen LogP contribution is -2.34. The summed E-state index contributed by atoms with van der Waals surface area (Å²) >= 11 is 0. The highest BCUT2D eigenvalue weighted by molar-refractivity contribution is 6.04. The van der Waals surface area contributed by atoms with Crippen LogP contribution in [0.4, 0.5) is 0 Å². The molecule has 3 rings (SSSR count). The molecule has 1 atom stereocenters. The molecular weight excluding hydrogens is 302 g/mol. The second-order valence-corrected chi connectivity index (χ2v) is 5.85. The molecule has 1 amide bonds. The summed E-state index contributed by atoms with van der Waals surface area (Å²) in [5, 5.41) is 10.3. The summed E-state index contributed by atoms with van der Waals surface area (Å²) in [5.74, 6) is -0.275. The number of nitrogens with zero attached hydrogens (tertiary/aromatic N) is 1. The molecule has 0 fully saturated rings. The first-order valence-electron chi connectivity index (χ1n) is 7.97. The van der Waals surface area contributed by atoms with Crippen molar-refractivity contribution in [3.63, 3.8) is 0 Å². The molecule has 0 aliphatic carbocycles. The monoisotopic (exact) mass is 321 g/mol. The number of carbonyl (C=O) groups excluding carboxylic acids is 1. The molecular formula is C19H19N3O2. The fourth-order valence-electron chi connectivity index (χ4n) is 2.68. The number of benzene rings is 2. The van der Waals surface area contributed by atoms with E-state index in [2.05, 4.69) is 27.6 Å². The van der Waals surface area contributed by atoms with Crippen LogP contribution in [-0.2, 0) is 6.42 Å². The van der Waals surface area contributed by atoms with Crippen LogP contribution in [0.15, 0.2) is 59.4 Å². The molecule has 0 bridgehead atoms. The molecule has 0 aliphatic heterocycles. The third-order valence-corrected chi connectivity index (χ3v) is 4.00. The summed E-state index contributed by atoms with van der Waals surface area (Å²) in [6, 6.07) is 17.1. The number of H-pyrrole nitrogens is 1. The molecule has 1 unspecified atom stereocenters. The number of aromatic amines is 1. The lowest BCUT2D eigenvalue weighted by molar-refractivity contribution is 0.0934. The largest absolute Gasteiger partial charge is 0.348 e. The fraction of sp³-hybridized carbons (Fsp3) is 0.211. The average Bonchev–Trinajstić information content (AvgIpc) is 2.61. The SMILES string of the molecule is CC(CCc1ccccc1)NC(=O)c1n[nH]c(=O)c2ccccc12. The van der Waals surface area contributed by atoms with E-state index in [0.717, 1.165) is 12.8 Å². The van der Waals surface area contributed by atoms with Gasteiger partial charge in [0.1, 0.15) is 0 Å². The van der Waals surface area contributed by atoms with E-state index < -0.39 is 0 Å². The van der Waals surface area contributed by atoms with Crippen molar-refractivity contribution in [1.82, 2.24) is 15.5 Å². The first kappa shape index (κ1) is 15.9. The van der Waals surface area contributed by atoms with Crippen LogP contribution in [0.25, 0.3) is 10.8 Å². The summed E-state index contributed by atoms with van der Waals surface area (Å²) in [7, 11) is 0. The van der Waals surface area contributed by atoms with E-state index in [4.69, 9.17) is 0 Å².